The van der Waals surface area contributed by atoms with Gasteiger partial charge in [0.25, 0.3) is 8.32 Å². The van der Waals surface area contributed by atoms with Gasteiger partial charge in [-0.2, -0.15) is 4.39 Å². The van der Waals surface area contributed by atoms with E-state index in [0.717, 1.165) is 6.07 Å². The second-order valence-corrected chi connectivity index (χ2v) is 17.3. The predicted octanol–water partition coefficient (Wildman–Crippen LogP) is 11.0. The zero-order valence-electron chi connectivity index (χ0n) is 24.4. The standard InChI is InChI=1S/C32H26F10OSi/c1-11(2)44(12(3)4,13(5)6)43-32-21-20(27(38)30(41)31(32)42)26(37)25(36)19(23(21)34)15-9-7-8-14-10-16-18(17(14)15)24(35)29(40)28(39)22(16)33/h7-9,11-13H,10H2,1-6H3. The van der Waals surface area contributed by atoms with Crippen molar-refractivity contribution >= 4 is 19.1 Å². The summed E-state index contributed by atoms with van der Waals surface area (Å²) in [6.45, 7) is 10.6. The fourth-order valence-corrected chi connectivity index (χ4v) is 12.2. The molecule has 0 aliphatic heterocycles. The summed E-state index contributed by atoms with van der Waals surface area (Å²) in [5.74, 6) is -21.3. The molecule has 4 aromatic rings. The van der Waals surface area contributed by atoms with Gasteiger partial charge in [-0.3, -0.25) is 0 Å². The van der Waals surface area contributed by atoms with Gasteiger partial charge >= 0.3 is 0 Å². The van der Waals surface area contributed by atoms with E-state index in [2.05, 4.69) is 0 Å². The summed E-state index contributed by atoms with van der Waals surface area (Å²) in [6.07, 6.45) is -0.508. The smallest absolute Gasteiger partial charge is 0.258 e. The van der Waals surface area contributed by atoms with E-state index in [1.807, 2.05) is 0 Å². The highest BCUT2D eigenvalue weighted by molar-refractivity contribution is 6.78. The van der Waals surface area contributed by atoms with Crippen LogP contribution in [0.15, 0.2) is 18.2 Å². The molecule has 0 N–H and O–H groups in total. The van der Waals surface area contributed by atoms with Crippen LogP contribution in [0.5, 0.6) is 5.75 Å². The summed E-state index contributed by atoms with van der Waals surface area (Å²) in [7, 11) is -3.28. The minimum atomic E-state index is -3.28. The molecule has 0 amide bonds. The Balaban J connectivity index is 1.93. The maximum absolute atomic E-state index is 16.7. The average molecular weight is 645 g/mol. The first kappa shape index (κ1) is 31.9. The Bertz CT molecular complexity index is 1840. The van der Waals surface area contributed by atoms with Crippen LogP contribution < -0.4 is 4.43 Å². The van der Waals surface area contributed by atoms with Crippen LogP contribution in [0.25, 0.3) is 33.0 Å². The van der Waals surface area contributed by atoms with Gasteiger partial charge in [0.05, 0.1) is 16.3 Å². The molecule has 4 aromatic carbocycles. The van der Waals surface area contributed by atoms with Crippen molar-refractivity contribution in [2.45, 2.75) is 64.6 Å². The quantitative estimate of drug-likeness (QED) is 0.0774. The average Bonchev–Trinajstić information content (AvgIpc) is 3.36. The molecule has 0 aromatic heterocycles. The van der Waals surface area contributed by atoms with Gasteiger partial charge in [-0.05, 0) is 33.3 Å². The fraction of sp³-hybridized carbons (Fsp3) is 0.312. The number of hydrogen-bond acceptors (Lipinski definition) is 1. The Kier molecular flexibility index (Phi) is 7.83. The Morgan fingerprint density at radius 3 is 1.59 bits per heavy atom. The highest BCUT2D eigenvalue weighted by atomic mass is 28.4. The van der Waals surface area contributed by atoms with E-state index in [9.17, 15) is 17.6 Å². The molecule has 0 radical (unpaired) electrons. The SMILES string of the molecule is CC(C)[Si](Oc1c(F)c(F)c(F)c2c(F)c(F)c(-c3cccc4c3-c3c(F)c(F)c(F)c(F)c3C4)c(F)c12)(C(C)C)C(C)C. The first-order chi connectivity index (χ1) is 20.5. The van der Waals surface area contributed by atoms with Gasteiger partial charge in [0.2, 0.25) is 5.82 Å². The largest absolute Gasteiger partial charge is 0.540 e. The third kappa shape index (κ3) is 4.19. The van der Waals surface area contributed by atoms with Gasteiger partial charge in [0.1, 0.15) is 5.82 Å². The number of fused-ring (bicyclic) bond motifs is 4. The third-order valence-corrected chi connectivity index (χ3v) is 14.7. The van der Waals surface area contributed by atoms with Crippen molar-refractivity contribution in [2.75, 3.05) is 0 Å². The summed E-state index contributed by atoms with van der Waals surface area (Å²) >= 11 is 0. The lowest BCUT2D eigenvalue weighted by Crippen LogP contribution is -2.51. The molecule has 0 saturated heterocycles. The second-order valence-electron chi connectivity index (χ2n) is 11.9. The summed E-state index contributed by atoms with van der Waals surface area (Å²) in [6, 6.07) is 3.45. The van der Waals surface area contributed by atoms with Gasteiger partial charge in [-0.15, -0.1) is 0 Å². The monoisotopic (exact) mass is 644 g/mol. The molecule has 1 aliphatic carbocycles. The molecule has 44 heavy (non-hydrogen) atoms. The minimum absolute atomic E-state index is 0.0154. The zero-order valence-corrected chi connectivity index (χ0v) is 25.4. The van der Waals surface area contributed by atoms with Gasteiger partial charge in [0, 0.05) is 17.5 Å². The second kappa shape index (κ2) is 10.8. The van der Waals surface area contributed by atoms with Crippen molar-refractivity contribution < 1.29 is 48.3 Å². The van der Waals surface area contributed by atoms with E-state index in [-0.39, 0.29) is 22.2 Å². The van der Waals surface area contributed by atoms with E-state index >= 15 is 26.3 Å². The van der Waals surface area contributed by atoms with Crippen molar-refractivity contribution in [1.29, 1.82) is 0 Å². The van der Waals surface area contributed by atoms with E-state index < -0.39 is 117 Å². The summed E-state index contributed by atoms with van der Waals surface area (Å²) in [4.78, 5) is 0. The Hall–Kier alpha value is -3.54. The Morgan fingerprint density at radius 2 is 1.02 bits per heavy atom. The molecule has 0 spiro atoms. The van der Waals surface area contributed by atoms with E-state index in [4.69, 9.17) is 4.43 Å². The van der Waals surface area contributed by atoms with Crippen molar-refractivity contribution in [1.82, 2.24) is 0 Å². The van der Waals surface area contributed by atoms with Crippen LogP contribution in [0, 0.1) is 58.2 Å². The van der Waals surface area contributed by atoms with E-state index in [0.29, 0.717) is 0 Å². The highest BCUT2D eigenvalue weighted by Crippen LogP contribution is 2.51. The van der Waals surface area contributed by atoms with E-state index in [1.165, 1.54) is 12.1 Å². The molecule has 0 atom stereocenters. The van der Waals surface area contributed by atoms with E-state index in [1.54, 1.807) is 41.5 Å². The molecule has 12 heteroatoms. The van der Waals surface area contributed by atoms with Crippen LogP contribution >= 0.6 is 0 Å². The number of hydrogen-bond donors (Lipinski definition) is 0. The van der Waals surface area contributed by atoms with Gasteiger partial charge in [-0.1, -0.05) is 59.7 Å². The molecule has 0 heterocycles. The molecule has 0 bridgehead atoms. The maximum Gasteiger partial charge on any atom is 0.258 e. The number of benzene rings is 4. The molecule has 234 valence electrons. The predicted molar refractivity (Wildman–Crippen MR) is 149 cm³/mol. The topological polar surface area (TPSA) is 9.23 Å². The van der Waals surface area contributed by atoms with Crippen LogP contribution in [0.4, 0.5) is 43.9 Å². The van der Waals surface area contributed by atoms with Gasteiger partial charge in [-0.25, -0.2) is 39.5 Å². The van der Waals surface area contributed by atoms with Crippen molar-refractivity contribution in [3.63, 3.8) is 0 Å². The van der Waals surface area contributed by atoms with Crippen LogP contribution in [0.2, 0.25) is 16.6 Å². The fourth-order valence-electron chi connectivity index (χ4n) is 6.90. The van der Waals surface area contributed by atoms with Crippen LogP contribution in [0.3, 0.4) is 0 Å². The number of rotatable bonds is 6. The molecule has 1 aliphatic rings. The molecule has 0 fully saturated rings. The normalized spacial score (nSPS) is 13.1. The first-order valence-electron chi connectivity index (χ1n) is 13.8. The first-order valence-corrected chi connectivity index (χ1v) is 16.0. The van der Waals surface area contributed by atoms with Gasteiger partial charge < -0.3 is 4.43 Å². The lowest BCUT2D eigenvalue weighted by molar-refractivity contribution is 0.402. The van der Waals surface area contributed by atoms with Crippen molar-refractivity contribution in [2.24, 2.45) is 0 Å². The zero-order chi connectivity index (χ0) is 32.7. The lowest BCUT2D eigenvalue weighted by atomic mass is 9.91. The Labute approximate surface area is 247 Å². The van der Waals surface area contributed by atoms with Gasteiger partial charge in [0.15, 0.2) is 52.3 Å². The molecule has 0 unspecified atom stereocenters. The third-order valence-electron chi connectivity index (χ3n) is 8.74. The highest BCUT2D eigenvalue weighted by Gasteiger charge is 2.48. The molecular weight excluding hydrogens is 618 g/mol. The molecular formula is C32H26F10OSi. The summed E-state index contributed by atoms with van der Waals surface area (Å²) in [5.41, 5.74) is -4.81. The van der Waals surface area contributed by atoms with Crippen LogP contribution in [-0.4, -0.2) is 8.32 Å². The van der Waals surface area contributed by atoms with Crippen LogP contribution in [0.1, 0.15) is 52.7 Å². The Morgan fingerprint density at radius 1 is 0.523 bits per heavy atom. The molecule has 0 saturated carbocycles. The van der Waals surface area contributed by atoms with Crippen LogP contribution in [-0.2, 0) is 6.42 Å². The van der Waals surface area contributed by atoms with Crippen molar-refractivity contribution in [3.8, 4) is 28.0 Å². The maximum atomic E-state index is 16.7. The summed E-state index contributed by atoms with van der Waals surface area (Å²) < 4.78 is 158. The summed E-state index contributed by atoms with van der Waals surface area (Å²) in [5, 5.41) is -2.78. The van der Waals surface area contributed by atoms with Crippen molar-refractivity contribution in [3.05, 3.63) is 87.5 Å². The minimum Gasteiger partial charge on any atom is -0.540 e. The molecule has 5 rings (SSSR count). The number of halogens is 10. The molecule has 1 nitrogen and oxygen atoms in total. The lowest BCUT2D eigenvalue weighted by Gasteiger charge is -2.42.